The first kappa shape index (κ1) is 17.2. The molecule has 0 saturated heterocycles. The molecule has 2 aromatic rings. The van der Waals surface area contributed by atoms with E-state index < -0.39 is 0 Å². The van der Waals surface area contributed by atoms with E-state index in [0.29, 0.717) is 31.0 Å². The number of carbonyl (C=O) groups is 1. The summed E-state index contributed by atoms with van der Waals surface area (Å²) in [6, 6.07) is 14.9. The molecule has 0 aliphatic rings. The number of methoxy groups -OCH3 is 1. The number of hydrogen-bond donors (Lipinski definition) is 1. The molecular formula is C18H20ClNO3. The van der Waals surface area contributed by atoms with Crippen LogP contribution in [-0.4, -0.2) is 26.2 Å². The fraction of sp³-hybridized carbons (Fsp3) is 0.278. The molecule has 4 nitrogen and oxygen atoms in total. The van der Waals surface area contributed by atoms with Gasteiger partial charge in [-0.05, 0) is 48.4 Å². The Balaban J connectivity index is 1.62. The van der Waals surface area contributed by atoms with Crippen LogP contribution >= 0.6 is 11.6 Å². The summed E-state index contributed by atoms with van der Waals surface area (Å²) in [5.41, 5.74) is 1.06. The third kappa shape index (κ3) is 6.20. The first-order valence-corrected chi connectivity index (χ1v) is 7.83. The summed E-state index contributed by atoms with van der Waals surface area (Å²) < 4.78 is 10.6. The summed E-state index contributed by atoms with van der Waals surface area (Å²) in [6.45, 7) is 0.898. The number of aryl methyl sites for hydroxylation is 1. The minimum absolute atomic E-state index is 0.00306. The van der Waals surface area contributed by atoms with Gasteiger partial charge in [0.2, 0.25) is 5.91 Å². The van der Waals surface area contributed by atoms with Gasteiger partial charge in [0.25, 0.3) is 0 Å². The largest absolute Gasteiger partial charge is 0.497 e. The van der Waals surface area contributed by atoms with E-state index in [1.165, 1.54) is 0 Å². The lowest BCUT2D eigenvalue weighted by Crippen LogP contribution is -2.28. The predicted molar refractivity (Wildman–Crippen MR) is 91.3 cm³/mol. The van der Waals surface area contributed by atoms with E-state index in [2.05, 4.69) is 5.32 Å². The van der Waals surface area contributed by atoms with Crippen LogP contribution in [0.5, 0.6) is 11.5 Å². The van der Waals surface area contributed by atoms with E-state index in [4.69, 9.17) is 21.1 Å². The molecular weight excluding hydrogens is 314 g/mol. The average molecular weight is 334 g/mol. The van der Waals surface area contributed by atoms with Crippen LogP contribution in [0.4, 0.5) is 0 Å². The number of benzene rings is 2. The van der Waals surface area contributed by atoms with Gasteiger partial charge in [-0.2, -0.15) is 0 Å². The van der Waals surface area contributed by atoms with Crippen LogP contribution in [0, 0.1) is 0 Å². The first-order valence-electron chi connectivity index (χ1n) is 7.45. The Morgan fingerprint density at radius 2 is 1.87 bits per heavy atom. The lowest BCUT2D eigenvalue weighted by molar-refractivity contribution is -0.121. The Bertz CT molecular complexity index is 628. The zero-order valence-electron chi connectivity index (χ0n) is 13.0. The highest BCUT2D eigenvalue weighted by atomic mass is 35.5. The molecule has 1 amide bonds. The van der Waals surface area contributed by atoms with Crippen LogP contribution in [0.25, 0.3) is 0 Å². The van der Waals surface area contributed by atoms with E-state index in [9.17, 15) is 4.79 Å². The van der Waals surface area contributed by atoms with Crippen LogP contribution in [-0.2, 0) is 11.2 Å². The highest BCUT2D eigenvalue weighted by Crippen LogP contribution is 2.16. The lowest BCUT2D eigenvalue weighted by atomic mass is 10.1. The van der Waals surface area contributed by atoms with Gasteiger partial charge in [0.1, 0.15) is 18.1 Å². The maximum absolute atomic E-state index is 11.8. The molecule has 0 fully saturated rings. The summed E-state index contributed by atoms with van der Waals surface area (Å²) in [7, 11) is 1.62. The number of hydrogen-bond acceptors (Lipinski definition) is 3. The second kappa shape index (κ2) is 9.06. The summed E-state index contributed by atoms with van der Waals surface area (Å²) in [5, 5.41) is 3.53. The maximum Gasteiger partial charge on any atom is 0.220 e. The normalized spacial score (nSPS) is 10.2. The van der Waals surface area contributed by atoms with Gasteiger partial charge in [-0.25, -0.2) is 0 Å². The number of rotatable bonds is 8. The Labute approximate surface area is 141 Å². The van der Waals surface area contributed by atoms with E-state index >= 15 is 0 Å². The van der Waals surface area contributed by atoms with Crippen molar-refractivity contribution < 1.29 is 14.3 Å². The molecule has 1 N–H and O–H groups in total. The second-order valence-electron chi connectivity index (χ2n) is 5.00. The average Bonchev–Trinajstić information content (AvgIpc) is 2.57. The van der Waals surface area contributed by atoms with Crippen LogP contribution in [0.3, 0.4) is 0 Å². The van der Waals surface area contributed by atoms with Crippen LogP contribution in [0.2, 0.25) is 5.02 Å². The monoisotopic (exact) mass is 333 g/mol. The van der Waals surface area contributed by atoms with Crippen molar-refractivity contribution in [1.29, 1.82) is 0 Å². The minimum Gasteiger partial charge on any atom is -0.497 e. The van der Waals surface area contributed by atoms with E-state index in [1.54, 1.807) is 7.11 Å². The molecule has 0 radical (unpaired) electrons. The van der Waals surface area contributed by atoms with Gasteiger partial charge in [-0.15, -0.1) is 0 Å². The quantitative estimate of drug-likeness (QED) is 0.752. The van der Waals surface area contributed by atoms with Gasteiger partial charge in [0.05, 0.1) is 13.7 Å². The van der Waals surface area contributed by atoms with Crippen molar-refractivity contribution in [2.75, 3.05) is 20.3 Å². The summed E-state index contributed by atoms with van der Waals surface area (Å²) in [4.78, 5) is 11.8. The van der Waals surface area contributed by atoms with Crippen LogP contribution in [0.1, 0.15) is 12.0 Å². The summed E-state index contributed by atoms with van der Waals surface area (Å²) in [6.07, 6.45) is 1.11. The van der Waals surface area contributed by atoms with Crippen molar-refractivity contribution in [3.05, 3.63) is 59.1 Å². The Kier molecular flexibility index (Phi) is 6.76. The standard InChI is InChI=1S/C18H20ClNO3/c1-22-16-6-8-17(9-7-16)23-12-11-20-18(21)10-5-14-3-2-4-15(19)13-14/h2-4,6-9,13H,5,10-12H2,1H3,(H,20,21). The van der Waals surface area contributed by atoms with Gasteiger partial charge in [-0.1, -0.05) is 23.7 Å². The fourth-order valence-corrected chi connectivity index (χ4v) is 2.28. The molecule has 0 heterocycles. The minimum atomic E-state index is 0.00306. The summed E-state index contributed by atoms with van der Waals surface area (Å²) >= 11 is 5.91. The highest BCUT2D eigenvalue weighted by molar-refractivity contribution is 6.30. The molecule has 0 saturated carbocycles. The van der Waals surface area contributed by atoms with Gasteiger partial charge in [0, 0.05) is 11.4 Å². The molecule has 0 unspecified atom stereocenters. The van der Waals surface area contributed by atoms with Gasteiger partial charge < -0.3 is 14.8 Å². The van der Waals surface area contributed by atoms with Gasteiger partial charge in [0.15, 0.2) is 0 Å². The molecule has 2 aromatic carbocycles. The molecule has 5 heteroatoms. The Hall–Kier alpha value is -2.20. The number of halogens is 1. The molecule has 0 aromatic heterocycles. The molecule has 0 bridgehead atoms. The van der Waals surface area contributed by atoms with Crippen molar-refractivity contribution in [3.63, 3.8) is 0 Å². The number of carbonyl (C=O) groups excluding carboxylic acids is 1. The zero-order valence-corrected chi connectivity index (χ0v) is 13.8. The fourth-order valence-electron chi connectivity index (χ4n) is 2.07. The SMILES string of the molecule is COc1ccc(OCCNC(=O)CCc2cccc(Cl)c2)cc1. The topological polar surface area (TPSA) is 47.6 Å². The smallest absolute Gasteiger partial charge is 0.220 e. The van der Waals surface area contributed by atoms with E-state index in [0.717, 1.165) is 17.1 Å². The molecule has 0 aliphatic carbocycles. The van der Waals surface area contributed by atoms with Gasteiger partial charge >= 0.3 is 0 Å². The first-order chi connectivity index (χ1) is 11.2. The third-order valence-electron chi connectivity index (χ3n) is 3.28. The number of nitrogens with one attached hydrogen (secondary N) is 1. The van der Waals surface area contributed by atoms with Crippen molar-refractivity contribution in [3.8, 4) is 11.5 Å². The van der Waals surface area contributed by atoms with Crippen molar-refractivity contribution in [2.45, 2.75) is 12.8 Å². The third-order valence-corrected chi connectivity index (χ3v) is 3.52. The maximum atomic E-state index is 11.8. The Morgan fingerprint density at radius 1 is 1.13 bits per heavy atom. The molecule has 0 aliphatic heterocycles. The molecule has 0 spiro atoms. The predicted octanol–water partition coefficient (Wildman–Crippen LogP) is 3.48. The second-order valence-corrected chi connectivity index (χ2v) is 5.44. The van der Waals surface area contributed by atoms with Crippen molar-refractivity contribution >= 4 is 17.5 Å². The van der Waals surface area contributed by atoms with E-state index in [1.807, 2.05) is 48.5 Å². The van der Waals surface area contributed by atoms with Crippen LogP contribution < -0.4 is 14.8 Å². The molecule has 0 atom stereocenters. The van der Waals surface area contributed by atoms with Gasteiger partial charge in [-0.3, -0.25) is 4.79 Å². The van der Waals surface area contributed by atoms with Crippen molar-refractivity contribution in [2.24, 2.45) is 0 Å². The number of amides is 1. The molecule has 122 valence electrons. The van der Waals surface area contributed by atoms with E-state index in [-0.39, 0.29) is 5.91 Å². The van der Waals surface area contributed by atoms with Crippen LogP contribution in [0.15, 0.2) is 48.5 Å². The highest BCUT2D eigenvalue weighted by Gasteiger charge is 2.03. The number of ether oxygens (including phenoxy) is 2. The lowest BCUT2D eigenvalue weighted by Gasteiger charge is -2.08. The Morgan fingerprint density at radius 3 is 2.57 bits per heavy atom. The molecule has 23 heavy (non-hydrogen) atoms. The molecule has 2 rings (SSSR count). The summed E-state index contributed by atoms with van der Waals surface area (Å²) in [5.74, 6) is 1.54. The zero-order chi connectivity index (χ0) is 16.5. The van der Waals surface area contributed by atoms with Crippen molar-refractivity contribution in [1.82, 2.24) is 5.32 Å².